The molecule has 112 valence electrons. The van der Waals surface area contributed by atoms with Gasteiger partial charge in [-0.15, -0.1) is 0 Å². The number of alkyl halides is 3. The quantitative estimate of drug-likeness (QED) is 0.839. The van der Waals surface area contributed by atoms with Crippen LogP contribution < -0.4 is 0 Å². The first-order valence-electron chi connectivity index (χ1n) is 7.09. The minimum atomic E-state index is -4.24. The molecule has 3 atom stereocenters. The van der Waals surface area contributed by atoms with Crippen molar-refractivity contribution in [2.75, 3.05) is 19.8 Å². The summed E-state index contributed by atoms with van der Waals surface area (Å²) in [5.41, 5.74) is 0. The van der Waals surface area contributed by atoms with Crippen LogP contribution in [0.5, 0.6) is 0 Å². The van der Waals surface area contributed by atoms with Crippen molar-refractivity contribution in [2.24, 2.45) is 0 Å². The molecule has 2 saturated heterocycles. The third kappa shape index (κ3) is 3.61. The van der Waals surface area contributed by atoms with E-state index in [1.54, 1.807) is 4.90 Å². The van der Waals surface area contributed by atoms with Crippen molar-refractivity contribution in [1.29, 1.82) is 0 Å². The van der Waals surface area contributed by atoms with Gasteiger partial charge < -0.3 is 9.84 Å². The highest BCUT2D eigenvalue weighted by Crippen LogP contribution is 2.37. The number of aliphatic hydroxyl groups is 1. The summed E-state index contributed by atoms with van der Waals surface area (Å²) >= 11 is 0. The Labute approximate surface area is 111 Å². The smallest absolute Gasteiger partial charge is 0.396 e. The van der Waals surface area contributed by atoms with Crippen LogP contribution in [0.25, 0.3) is 0 Å². The highest BCUT2D eigenvalue weighted by Gasteiger charge is 2.52. The van der Waals surface area contributed by atoms with Gasteiger partial charge in [0.25, 0.3) is 0 Å². The van der Waals surface area contributed by atoms with Gasteiger partial charge in [-0.1, -0.05) is 0 Å². The van der Waals surface area contributed by atoms with Crippen LogP contribution in [-0.2, 0) is 4.74 Å². The molecule has 2 rings (SSSR count). The average molecular weight is 281 g/mol. The van der Waals surface area contributed by atoms with Gasteiger partial charge in [-0.3, -0.25) is 4.90 Å². The molecule has 2 aliphatic heterocycles. The molecule has 0 aromatic carbocycles. The molecule has 0 spiro atoms. The Morgan fingerprint density at radius 1 is 1.26 bits per heavy atom. The fourth-order valence-corrected chi connectivity index (χ4v) is 3.33. The van der Waals surface area contributed by atoms with Crippen LogP contribution in [-0.4, -0.2) is 54.1 Å². The van der Waals surface area contributed by atoms with Crippen molar-refractivity contribution in [3.63, 3.8) is 0 Å². The van der Waals surface area contributed by atoms with E-state index in [4.69, 9.17) is 9.84 Å². The molecule has 19 heavy (non-hydrogen) atoms. The summed E-state index contributed by atoms with van der Waals surface area (Å²) in [6.07, 6.45) is -0.951. The number of likely N-dealkylation sites (tertiary alicyclic amines) is 1. The Kier molecular flexibility index (Phi) is 5.09. The van der Waals surface area contributed by atoms with Crippen LogP contribution in [0.15, 0.2) is 0 Å². The normalized spacial score (nSPS) is 30.9. The van der Waals surface area contributed by atoms with Gasteiger partial charge in [-0.2, -0.15) is 13.2 Å². The lowest BCUT2D eigenvalue weighted by molar-refractivity contribution is -0.212. The maximum atomic E-state index is 13.3. The first-order chi connectivity index (χ1) is 9.04. The zero-order valence-electron chi connectivity index (χ0n) is 11.0. The Hall–Kier alpha value is -0.330. The van der Waals surface area contributed by atoms with Crippen LogP contribution in [0.4, 0.5) is 13.2 Å². The summed E-state index contributed by atoms with van der Waals surface area (Å²) in [6.45, 7) is 0.966. The molecule has 2 aliphatic rings. The van der Waals surface area contributed by atoms with Crippen LogP contribution in [0.1, 0.15) is 38.5 Å². The molecule has 2 fully saturated rings. The lowest BCUT2D eigenvalue weighted by atomic mass is 10.0. The van der Waals surface area contributed by atoms with E-state index >= 15 is 0 Å². The summed E-state index contributed by atoms with van der Waals surface area (Å²) in [5, 5.41) is 8.86. The monoisotopic (exact) mass is 281 g/mol. The van der Waals surface area contributed by atoms with Gasteiger partial charge in [0.1, 0.15) is 6.04 Å². The lowest BCUT2D eigenvalue weighted by Crippen LogP contribution is -2.54. The topological polar surface area (TPSA) is 32.7 Å². The summed E-state index contributed by atoms with van der Waals surface area (Å²) in [4.78, 5) is 1.58. The van der Waals surface area contributed by atoms with E-state index in [1.165, 1.54) is 0 Å². The molecule has 0 aromatic rings. The molecule has 0 bridgehead atoms. The summed E-state index contributed by atoms with van der Waals surface area (Å²) in [6, 6.07) is -1.54. The van der Waals surface area contributed by atoms with Gasteiger partial charge >= 0.3 is 6.18 Å². The second kappa shape index (κ2) is 6.41. The van der Waals surface area contributed by atoms with Gasteiger partial charge in [0.05, 0.1) is 6.10 Å². The first-order valence-corrected chi connectivity index (χ1v) is 7.09. The number of nitrogens with zero attached hydrogens (tertiary/aromatic N) is 1. The number of hydrogen-bond donors (Lipinski definition) is 1. The Bertz CT molecular complexity index is 280. The zero-order valence-corrected chi connectivity index (χ0v) is 11.0. The standard InChI is InChI=1S/C13H22F3NO2/c14-13(15,16)12(11-6-3-9-19-11)17-7-1-4-10(17)5-2-8-18/h10-12,18H,1-9H2. The van der Waals surface area contributed by atoms with Crippen molar-refractivity contribution < 1.29 is 23.0 Å². The van der Waals surface area contributed by atoms with Crippen molar-refractivity contribution in [3.05, 3.63) is 0 Å². The fourth-order valence-electron chi connectivity index (χ4n) is 3.33. The number of aliphatic hydroxyl groups excluding tert-OH is 1. The molecule has 0 amide bonds. The maximum Gasteiger partial charge on any atom is 0.406 e. The molecule has 3 unspecified atom stereocenters. The number of rotatable bonds is 5. The van der Waals surface area contributed by atoms with Crippen molar-refractivity contribution in [3.8, 4) is 0 Å². The first kappa shape index (κ1) is 15.1. The third-order valence-corrected chi connectivity index (χ3v) is 4.13. The summed E-state index contributed by atoms with van der Waals surface area (Å²) in [5.74, 6) is 0. The minimum Gasteiger partial charge on any atom is -0.396 e. The highest BCUT2D eigenvalue weighted by atomic mass is 19.4. The van der Waals surface area contributed by atoms with E-state index in [9.17, 15) is 13.2 Å². The summed E-state index contributed by atoms with van der Waals surface area (Å²) < 4.78 is 45.3. The predicted octanol–water partition coefficient (Wildman–Crippen LogP) is 2.33. The second-order valence-corrected chi connectivity index (χ2v) is 5.44. The molecule has 6 heteroatoms. The SMILES string of the molecule is OCCCC1CCCN1C(C1CCCO1)C(F)(F)F. The van der Waals surface area contributed by atoms with Gasteiger partial charge in [0, 0.05) is 19.3 Å². The van der Waals surface area contributed by atoms with Crippen LogP contribution in [0.2, 0.25) is 0 Å². The van der Waals surface area contributed by atoms with Crippen molar-refractivity contribution in [1.82, 2.24) is 4.90 Å². The second-order valence-electron chi connectivity index (χ2n) is 5.44. The zero-order chi connectivity index (χ0) is 13.9. The lowest BCUT2D eigenvalue weighted by Gasteiger charge is -2.37. The average Bonchev–Trinajstić information content (AvgIpc) is 2.97. The number of halogens is 3. The van der Waals surface area contributed by atoms with Crippen LogP contribution in [0.3, 0.4) is 0 Å². The van der Waals surface area contributed by atoms with Crippen LogP contribution >= 0.6 is 0 Å². The van der Waals surface area contributed by atoms with E-state index in [0.29, 0.717) is 38.8 Å². The summed E-state index contributed by atoms with van der Waals surface area (Å²) in [7, 11) is 0. The number of ether oxygens (including phenoxy) is 1. The van der Waals surface area contributed by atoms with E-state index < -0.39 is 18.3 Å². The van der Waals surface area contributed by atoms with Gasteiger partial charge in [0.15, 0.2) is 0 Å². The van der Waals surface area contributed by atoms with Gasteiger partial charge in [-0.05, 0) is 45.1 Å². The predicted molar refractivity (Wildman–Crippen MR) is 64.9 cm³/mol. The maximum absolute atomic E-state index is 13.3. The van der Waals surface area contributed by atoms with Crippen LogP contribution in [0, 0.1) is 0 Å². The minimum absolute atomic E-state index is 0.0426. The van der Waals surface area contributed by atoms with E-state index in [1.807, 2.05) is 0 Å². The van der Waals surface area contributed by atoms with E-state index in [2.05, 4.69) is 0 Å². The van der Waals surface area contributed by atoms with E-state index in [0.717, 1.165) is 12.8 Å². The number of hydrogen-bond acceptors (Lipinski definition) is 3. The van der Waals surface area contributed by atoms with Crippen molar-refractivity contribution in [2.45, 2.75) is 62.9 Å². The molecule has 2 heterocycles. The Morgan fingerprint density at radius 3 is 2.63 bits per heavy atom. The third-order valence-electron chi connectivity index (χ3n) is 4.13. The fraction of sp³-hybridized carbons (Fsp3) is 1.00. The molecule has 3 nitrogen and oxygen atoms in total. The molecule has 0 aliphatic carbocycles. The molecule has 1 N–H and O–H groups in total. The Balaban J connectivity index is 2.08. The molecular formula is C13H22F3NO2. The van der Waals surface area contributed by atoms with E-state index in [-0.39, 0.29) is 12.6 Å². The largest absolute Gasteiger partial charge is 0.406 e. The highest BCUT2D eigenvalue weighted by molar-refractivity contribution is 4.94. The molecule has 0 saturated carbocycles. The Morgan fingerprint density at radius 2 is 2.05 bits per heavy atom. The van der Waals surface area contributed by atoms with Crippen molar-refractivity contribution >= 4 is 0 Å². The molecule has 0 radical (unpaired) electrons. The van der Waals surface area contributed by atoms with Gasteiger partial charge in [-0.25, -0.2) is 0 Å². The van der Waals surface area contributed by atoms with Gasteiger partial charge in [0.2, 0.25) is 0 Å². The molecular weight excluding hydrogens is 259 g/mol. The molecule has 0 aromatic heterocycles.